The highest BCUT2D eigenvalue weighted by molar-refractivity contribution is 6.18. The van der Waals surface area contributed by atoms with Crippen LogP contribution in [-0.4, -0.2) is 9.97 Å². The van der Waals surface area contributed by atoms with E-state index in [-0.39, 0.29) is 0 Å². The van der Waals surface area contributed by atoms with Crippen LogP contribution in [0.2, 0.25) is 0 Å². The number of allylic oxidation sites excluding steroid dienone is 1. The smallest absolute Gasteiger partial charge is 0.160 e. The summed E-state index contributed by atoms with van der Waals surface area (Å²) in [5, 5.41) is 3.26. The van der Waals surface area contributed by atoms with Crippen molar-refractivity contribution in [2.45, 2.75) is 12.8 Å². The Kier molecular flexibility index (Phi) is 7.59. The number of hydrogen-bond donors (Lipinski definition) is 0. The summed E-state index contributed by atoms with van der Waals surface area (Å²) in [5.74, 6) is 1.61. The maximum atomic E-state index is 6.84. The first-order chi connectivity index (χ1) is 27.7. The predicted octanol–water partition coefficient (Wildman–Crippen LogP) is 14.1. The quantitative estimate of drug-likeness (QED) is 0.172. The first-order valence-electron chi connectivity index (χ1n) is 19.1. The molecule has 10 aromatic rings. The molecule has 0 bridgehead atoms. The third kappa shape index (κ3) is 5.46. The van der Waals surface area contributed by atoms with Gasteiger partial charge in [-0.3, -0.25) is 0 Å². The number of benzene rings is 7. The van der Waals surface area contributed by atoms with Gasteiger partial charge in [0, 0.05) is 44.0 Å². The number of furan rings is 2. The minimum Gasteiger partial charge on any atom is -0.456 e. The average Bonchev–Trinajstić information content (AvgIpc) is 3.86. The molecular formula is C52H34N2O2. The number of hydrogen-bond acceptors (Lipinski definition) is 4. The summed E-state index contributed by atoms with van der Waals surface area (Å²) in [4.78, 5) is 10.5. The molecule has 0 unspecified atom stereocenters. The molecule has 1 aliphatic rings. The standard InChI is InChI=1S/C52H34N2O2/c1-4-15-33(16-5-1)36-29-37(34-17-6-2-7-18-34)31-38(30-36)45-32-46(54-52(53-45)35-19-8-3-9-20-35)43-28-27-40(49-44-22-11-13-26-48(44)56-51(43)49)42-24-14-23-41-39-21-10-12-25-47(39)55-50(41)42/h1-9,11-20,22-32H,10,21H2. The van der Waals surface area contributed by atoms with Gasteiger partial charge in [-0.15, -0.1) is 0 Å². The molecule has 264 valence electrons. The third-order valence-corrected chi connectivity index (χ3v) is 11.0. The Morgan fingerprint density at radius 1 is 0.429 bits per heavy atom. The van der Waals surface area contributed by atoms with Crippen molar-refractivity contribution in [3.8, 4) is 67.3 Å². The largest absolute Gasteiger partial charge is 0.456 e. The molecule has 0 aliphatic heterocycles. The highest BCUT2D eigenvalue weighted by Crippen LogP contribution is 2.45. The molecule has 56 heavy (non-hydrogen) atoms. The summed E-state index contributed by atoms with van der Waals surface area (Å²) in [7, 11) is 0. The van der Waals surface area contributed by atoms with Crippen molar-refractivity contribution < 1.29 is 8.83 Å². The van der Waals surface area contributed by atoms with Crippen molar-refractivity contribution in [2.24, 2.45) is 0 Å². The van der Waals surface area contributed by atoms with E-state index < -0.39 is 0 Å². The van der Waals surface area contributed by atoms with Crippen LogP contribution in [0.3, 0.4) is 0 Å². The number of nitrogens with zero attached hydrogens (tertiary/aromatic N) is 2. The second kappa shape index (κ2) is 13.2. The van der Waals surface area contributed by atoms with Crippen molar-refractivity contribution >= 4 is 39.0 Å². The lowest BCUT2D eigenvalue weighted by molar-refractivity contribution is 0.596. The van der Waals surface area contributed by atoms with Gasteiger partial charge in [-0.1, -0.05) is 140 Å². The summed E-state index contributed by atoms with van der Waals surface area (Å²) < 4.78 is 13.4. The van der Waals surface area contributed by atoms with Crippen LogP contribution in [-0.2, 0) is 6.42 Å². The van der Waals surface area contributed by atoms with Gasteiger partial charge in [0.05, 0.1) is 11.4 Å². The lowest BCUT2D eigenvalue weighted by Crippen LogP contribution is -1.97. The van der Waals surface area contributed by atoms with E-state index in [0.29, 0.717) is 5.82 Å². The van der Waals surface area contributed by atoms with E-state index in [4.69, 9.17) is 18.8 Å². The predicted molar refractivity (Wildman–Crippen MR) is 229 cm³/mol. The second-order valence-electron chi connectivity index (χ2n) is 14.4. The third-order valence-electron chi connectivity index (χ3n) is 11.0. The van der Waals surface area contributed by atoms with Crippen molar-refractivity contribution in [1.82, 2.24) is 9.97 Å². The zero-order valence-corrected chi connectivity index (χ0v) is 30.4. The normalized spacial score (nSPS) is 12.4. The fourth-order valence-corrected chi connectivity index (χ4v) is 8.29. The van der Waals surface area contributed by atoms with E-state index in [0.717, 1.165) is 108 Å². The van der Waals surface area contributed by atoms with Gasteiger partial charge in [-0.2, -0.15) is 0 Å². The number of para-hydroxylation sites is 2. The molecule has 0 saturated carbocycles. The lowest BCUT2D eigenvalue weighted by Gasteiger charge is -2.14. The van der Waals surface area contributed by atoms with Crippen molar-refractivity contribution in [1.29, 1.82) is 0 Å². The van der Waals surface area contributed by atoms with Crippen LogP contribution in [0, 0.1) is 0 Å². The van der Waals surface area contributed by atoms with Crippen LogP contribution >= 0.6 is 0 Å². The van der Waals surface area contributed by atoms with E-state index in [9.17, 15) is 0 Å². The molecule has 3 aromatic heterocycles. The van der Waals surface area contributed by atoms with Gasteiger partial charge < -0.3 is 8.83 Å². The molecule has 1 aliphatic carbocycles. The van der Waals surface area contributed by atoms with E-state index in [1.807, 2.05) is 30.3 Å². The molecule has 4 nitrogen and oxygen atoms in total. The van der Waals surface area contributed by atoms with Crippen LogP contribution < -0.4 is 0 Å². The zero-order valence-electron chi connectivity index (χ0n) is 30.4. The Balaban J connectivity index is 1.16. The Hall–Kier alpha value is -7.30. The highest BCUT2D eigenvalue weighted by atomic mass is 16.3. The fourth-order valence-electron chi connectivity index (χ4n) is 8.29. The molecule has 4 heteroatoms. The molecule has 0 radical (unpaired) electrons. The Morgan fingerprint density at radius 3 is 1.80 bits per heavy atom. The Bertz CT molecular complexity index is 3060. The molecule has 7 aromatic carbocycles. The first-order valence-corrected chi connectivity index (χ1v) is 19.1. The van der Waals surface area contributed by atoms with Gasteiger partial charge in [0.1, 0.15) is 22.5 Å². The van der Waals surface area contributed by atoms with Crippen molar-refractivity contribution in [2.75, 3.05) is 0 Å². The van der Waals surface area contributed by atoms with Crippen LogP contribution in [0.25, 0.3) is 106 Å². The molecule has 0 atom stereocenters. The van der Waals surface area contributed by atoms with Crippen molar-refractivity contribution in [3.63, 3.8) is 0 Å². The van der Waals surface area contributed by atoms with Gasteiger partial charge in [0.15, 0.2) is 5.82 Å². The van der Waals surface area contributed by atoms with Gasteiger partial charge in [-0.25, -0.2) is 9.97 Å². The van der Waals surface area contributed by atoms with Gasteiger partial charge >= 0.3 is 0 Å². The van der Waals surface area contributed by atoms with Gasteiger partial charge in [0.25, 0.3) is 0 Å². The molecule has 0 fully saturated rings. The SMILES string of the molecule is C1=Cc2oc3c(-c4ccc(-c5cc(-c6cc(-c7ccccc7)cc(-c7ccccc7)c6)nc(-c6ccccc6)n5)c5oc6ccccc6c45)cccc3c2CC1. The maximum absolute atomic E-state index is 6.84. The molecular weight excluding hydrogens is 685 g/mol. The summed E-state index contributed by atoms with van der Waals surface area (Å²) in [5.41, 5.74) is 14.9. The lowest BCUT2D eigenvalue weighted by atomic mass is 9.93. The monoisotopic (exact) mass is 718 g/mol. The molecule has 3 heterocycles. The zero-order chi connectivity index (χ0) is 37.0. The Labute approximate surface area is 324 Å². The molecule has 0 saturated heterocycles. The van der Waals surface area contributed by atoms with Gasteiger partial charge in [-0.05, 0) is 83.1 Å². The van der Waals surface area contributed by atoms with Crippen LogP contribution in [0.5, 0.6) is 0 Å². The topological polar surface area (TPSA) is 52.1 Å². The number of aryl methyl sites for hydroxylation is 1. The minimum atomic E-state index is 0.650. The van der Waals surface area contributed by atoms with Crippen LogP contribution in [0.1, 0.15) is 17.7 Å². The van der Waals surface area contributed by atoms with Gasteiger partial charge in [0.2, 0.25) is 0 Å². The van der Waals surface area contributed by atoms with Crippen LogP contribution in [0.4, 0.5) is 0 Å². The second-order valence-corrected chi connectivity index (χ2v) is 14.4. The van der Waals surface area contributed by atoms with E-state index in [1.165, 1.54) is 10.9 Å². The van der Waals surface area contributed by atoms with Crippen molar-refractivity contribution in [3.05, 3.63) is 187 Å². The number of fused-ring (bicyclic) bond motifs is 6. The molecule has 0 spiro atoms. The summed E-state index contributed by atoms with van der Waals surface area (Å²) in [6, 6.07) is 59.3. The molecule has 0 N–H and O–H groups in total. The molecule has 11 rings (SSSR count). The first kappa shape index (κ1) is 32.2. The van der Waals surface area contributed by atoms with Crippen LogP contribution in [0.15, 0.2) is 185 Å². The summed E-state index contributed by atoms with van der Waals surface area (Å²) >= 11 is 0. The highest BCUT2D eigenvalue weighted by Gasteiger charge is 2.23. The summed E-state index contributed by atoms with van der Waals surface area (Å²) in [6.45, 7) is 0. The number of rotatable bonds is 6. The van der Waals surface area contributed by atoms with E-state index in [2.05, 4.69) is 152 Å². The van der Waals surface area contributed by atoms with E-state index >= 15 is 0 Å². The molecule has 0 amide bonds. The number of aromatic nitrogens is 2. The Morgan fingerprint density at radius 2 is 1.05 bits per heavy atom. The maximum Gasteiger partial charge on any atom is 0.160 e. The summed E-state index contributed by atoms with van der Waals surface area (Å²) in [6.07, 6.45) is 6.31. The fraction of sp³-hybridized carbons (Fsp3) is 0.0385. The average molecular weight is 719 g/mol. The minimum absolute atomic E-state index is 0.650. The van der Waals surface area contributed by atoms with E-state index in [1.54, 1.807) is 0 Å².